The first-order chi connectivity index (χ1) is 6.02. The molecule has 0 fully saturated rings. The fraction of sp³-hybridized carbons (Fsp3) is 0.818. The number of likely N-dealkylation sites (N-methyl/N-ethyl adjacent to an activating group) is 1. The summed E-state index contributed by atoms with van der Waals surface area (Å²) < 4.78 is 2.59. The Labute approximate surface area is 84.9 Å². The van der Waals surface area contributed by atoms with Crippen LogP contribution < -0.4 is 0 Å². The fourth-order valence-corrected chi connectivity index (χ4v) is 5.86. The Morgan fingerprint density at radius 3 is 1.77 bits per heavy atom. The van der Waals surface area contributed by atoms with Gasteiger partial charge in [-0.1, -0.05) is 32.9 Å². The highest BCUT2D eigenvalue weighted by atomic mass is 28.3. The highest BCUT2D eigenvalue weighted by Gasteiger charge is 2.31. The van der Waals surface area contributed by atoms with Gasteiger partial charge in [0.1, 0.15) is 8.24 Å². The van der Waals surface area contributed by atoms with Crippen molar-refractivity contribution in [3.8, 4) is 0 Å². The molecule has 0 heterocycles. The van der Waals surface area contributed by atoms with Gasteiger partial charge in [0.15, 0.2) is 0 Å². The summed E-state index contributed by atoms with van der Waals surface area (Å²) in [4.78, 5) is 0. The van der Waals surface area contributed by atoms with Crippen molar-refractivity contribution in [3.63, 3.8) is 0 Å². The van der Waals surface area contributed by atoms with E-state index in [9.17, 15) is 0 Å². The summed E-state index contributed by atoms with van der Waals surface area (Å²) in [5, 5.41) is 0. The minimum Gasteiger partial charge on any atom is -0.322 e. The highest BCUT2D eigenvalue weighted by Crippen LogP contribution is 2.23. The van der Waals surface area contributed by atoms with Gasteiger partial charge in [0.05, 0.1) is 0 Å². The summed E-state index contributed by atoms with van der Waals surface area (Å²) in [7, 11) is 1.16. The molecule has 0 aliphatic carbocycles. The average molecular weight is 199 g/mol. The molecule has 13 heavy (non-hydrogen) atoms. The lowest BCUT2D eigenvalue weighted by Crippen LogP contribution is -2.50. The topological polar surface area (TPSA) is 3.24 Å². The van der Waals surface area contributed by atoms with Crippen molar-refractivity contribution in [1.82, 2.24) is 4.57 Å². The largest absolute Gasteiger partial charge is 0.322 e. The van der Waals surface area contributed by atoms with Crippen LogP contribution in [-0.4, -0.2) is 26.4 Å². The van der Waals surface area contributed by atoms with Gasteiger partial charge in [-0.25, -0.2) is 0 Å². The smallest absolute Gasteiger partial charge is 0.127 e. The van der Waals surface area contributed by atoms with Gasteiger partial charge < -0.3 is 4.57 Å². The first-order valence-corrected chi connectivity index (χ1v) is 7.94. The lowest BCUT2D eigenvalue weighted by atomic mass is 10.4. The van der Waals surface area contributed by atoms with Crippen LogP contribution in [0.4, 0.5) is 0 Å². The SMILES string of the molecule is C=C(C)CN(C)[Si](CC)(CC)CC. The molecule has 0 saturated heterocycles. The Hall–Kier alpha value is -0.0831. The van der Waals surface area contributed by atoms with Crippen LogP contribution in [0.3, 0.4) is 0 Å². The predicted molar refractivity (Wildman–Crippen MR) is 64.6 cm³/mol. The molecule has 0 amide bonds. The zero-order valence-electron chi connectivity index (χ0n) is 9.98. The van der Waals surface area contributed by atoms with Crippen molar-refractivity contribution in [3.05, 3.63) is 12.2 Å². The van der Waals surface area contributed by atoms with Crippen LogP contribution in [0.2, 0.25) is 18.1 Å². The Morgan fingerprint density at radius 1 is 1.15 bits per heavy atom. The van der Waals surface area contributed by atoms with Gasteiger partial charge in [0.2, 0.25) is 0 Å². The summed E-state index contributed by atoms with van der Waals surface area (Å²) in [6.07, 6.45) is 0. The van der Waals surface area contributed by atoms with Crippen LogP contribution in [0, 0.1) is 0 Å². The lowest BCUT2D eigenvalue weighted by Gasteiger charge is -2.38. The fourth-order valence-electron chi connectivity index (χ4n) is 2.13. The highest BCUT2D eigenvalue weighted by molar-refractivity contribution is 6.76. The summed E-state index contributed by atoms with van der Waals surface area (Å²) >= 11 is 0. The third-order valence-electron chi connectivity index (χ3n) is 3.29. The van der Waals surface area contributed by atoms with E-state index in [4.69, 9.17) is 0 Å². The molecule has 0 aromatic carbocycles. The van der Waals surface area contributed by atoms with Crippen LogP contribution >= 0.6 is 0 Å². The minimum atomic E-state index is -1.11. The third kappa shape index (κ3) is 3.28. The lowest BCUT2D eigenvalue weighted by molar-refractivity contribution is 0.535. The number of rotatable bonds is 6. The Balaban J connectivity index is 4.43. The first-order valence-electron chi connectivity index (χ1n) is 5.38. The minimum absolute atomic E-state index is 1.09. The molecule has 0 saturated carbocycles. The second kappa shape index (κ2) is 5.61. The summed E-state index contributed by atoms with van der Waals surface area (Å²) in [6, 6.07) is 4.09. The van der Waals surface area contributed by atoms with E-state index in [2.05, 4.69) is 45.9 Å². The van der Waals surface area contributed by atoms with Crippen molar-refractivity contribution in [2.45, 2.75) is 45.8 Å². The van der Waals surface area contributed by atoms with Gasteiger partial charge in [-0.3, -0.25) is 0 Å². The van der Waals surface area contributed by atoms with Crippen LogP contribution in [-0.2, 0) is 0 Å². The maximum Gasteiger partial charge on any atom is 0.127 e. The molecule has 0 atom stereocenters. The molecule has 0 rings (SSSR count). The maximum atomic E-state index is 3.99. The first kappa shape index (κ1) is 12.9. The van der Waals surface area contributed by atoms with E-state index < -0.39 is 8.24 Å². The second-order valence-electron chi connectivity index (χ2n) is 4.10. The molecular formula is C11H25NSi. The van der Waals surface area contributed by atoms with Gasteiger partial charge >= 0.3 is 0 Å². The molecule has 2 heteroatoms. The van der Waals surface area contributed by atoms with Crippen molar-refractivity contribution in [1.29, 1.82) is 0 Å². The van der Waals surface area contributed by atoms with E-state index in [-0.39, 0.29) is 0 Å². The number of nitrogens with zero attached hydrogens (tertiary/aromatic N) is 1. The molecule has 1 nitrogen and oxygen atoms in total. The van der Waals surface area contributed by atoms with Gasteiger partial charge in [0, 0.05) is 6.54 Å². The Kier molecular flexibility index (Phi) is 5.57. The van der Waals surface area contributed by atoms with Crippen LogP contribution in [0.15, 0.2) is 12.2 Å². The normalized spacial score (nSPS) is 12.2. The van der Waals surface area contributed by atoms with E-state index in [1.165, 1.54) is 23.7 Å². The molecule has 0 aromatic rings. The third-order valence-corrected chi connectivity index (χ3v) is 9.02. The number of hydrogen-bond donors (Lipinski definition) is 0. The zero-order valence-corrected chi connectivity index (χ0v) is 11.0. The van der Waals surface area contributed by atoms with Crippen molar-refractivity contribution in [2.24, 2.45) is 0 Å². The van der Waals surface area contributed by atoms with E-state index >= 15 is 0 Å². The Morgan fingerprint density at radius 2 is 1.54 bits per heavy atom. The van der Waals surface area contributed by atoms with E-state index in [1.54, 1.807) is 0 Å². The Bertz CT molecular complexity index is 153. The maximum absolute atomic E-state index is 3.99. The molecule has 0 aliphatic rings. The standard InChI is InChI=1S/C11H25NSi/c1-7-13(8-2,9-3)12(6)10-11(4)5/h4,7-10H2,1-3,5-6H3. The predicted octanol–water partition coefficient (Wildman–Crippen LogP) is 3.50. The van der Waals surface area contributed by atoms with Crippen molar-refractivity contribution >= 4 is 8.24 Å². The molecule has 0 aromatic heterocycles. The van der Waals surface area contributed by atoms with Gasteiger partial charge in [-0.15, -0.1) is 0 Å². The van der Waals surface area contributed by atoms with Crippen molar-refractivity contribution < 1.29 is 0 Å². The van der Waals surface area contributed by atoms with Gasteiger partial charge in [0.25, 0.3) is 0 Å². The second-order valence-corrected chi connectivity index (χ2v) is 9.43. The van der Waals surface area contributed by atoms with Crippen LogP contribution in [0.1, 0.15) is 27.7 Å². The summed E-state index contributed by atoms with van der Waals surface area (Å²) in [5.41, 5.74) is 1.29. The molecule has 0 unspecified atom stereocenters. The average Bonchev–Trinajstić information content (AvgIpc) is 2.07. The summed E-state index contributed by atoms with van der Waals surface area (Å²) in [6.45, 7) is 14.2. The molecule has 0 radical (unpaired) electrons. The quantitative estimate of drug-likeness (QED) is 0.467. The van der Waals surface area contributed by atoms with Gasteiger partial charge in [-0.2, -0.15) is 0 Å². The van der Waals surface area contributed by atoms with E-state index in [0.717, 1.165) is 6.54 Å². The van der Waals surface area contributed by atoms with Crippen LogP contribution in [0.5, 0.6) is 0 Å². The molecule has 0 N–H and O–H groups in total. The van der Waals surface area contributed by atoms with Gasteiger partial charge in [-0.05, 0) is 32.1 Å². The monoisotopic (exact) mass is 199 g/mol. The van der Waals surface area contributed by atoms with Crippen molar-refractivity contribution in [2.75, 3.05) is 13.6 Å². The number of hydrogen-bond acceptors (Lipinski definition) is 1. The molecule has 78 valence electrons. The molecule has 0 bridgehead atoms. The van der Waals surface area contributed by atoms with Crippen LogP contribution in [0.25, 0.3) is 0 Å². The van der Waals surface area contributed by atoms with E-state index in [1.807, 2.05) is 0 Å². The van der Waals surface area contributed by atoms with E-state index in [0.29, 0.717) is 0 Å². The molecule has 0 aliphatic heterocycles. The summed E-state index contributed by atoms with van der Waals surface area (Å²) in [5.74, 6) is 0. The zero-order chi connectivity index (χ0) is 10.5. The molecular weight excluding hydrogens is 174 g/mol. The molecule has 0 spiro atoms.